The molecule has 2 N–H and O–H groups in total. The lowest BCUT2D eigenvalue weighted by atomic mass is 10.1. The smallest absolute Gasteiger partial charge is 0.343 e. The minimum Gasteiger partial charge on any atom is -0.477 e. The Bertz CT molecular complexity index is 502. The van der Waals surface area contributed by atoms with E-state index in [2.05, 4.69) is 4.98 Å². The van der Waals surface area contributed by atoms with Gasteiger partial charge in [0.1, 0.15) is 16.9 Å². The summed E-state index contributed by atoms with van der Waals surface area (Å²) in [4.78, 5) is 27.5. The van der Waals surface area contributed by atoms with Gasteiger partial charge in [0.25, 0.3) is 0 Å². The summed E-state index contributed by atoms with van der Waals surface area (Å²) >= 11 is 0. The maximum Gasteiger partial charge on any atom is 0.343 e. The van der Waals surface area contributed by atoms with Gasteiger partial charge in [-0.05, 0) is 26.8 Å². The quantitative estimate of drug-likeness (QED) is 0.787. The van der Waals surface area contributed by atoms with Crippen molar-refractivity contribution < 1.29 is 23.8 Å². The van der Waals surface area contributed by atoms with Crippen LogP contribution in [0.2, 0.25) is 0 Å². The van der Waals surface area contributed by atoms with Gasteiger partial charge in [0, 0.05) is 0 Å². The average molecular weight is 282 g/mol. The number of anilines is 1. The fourth-order valence-electron chi connectivity index (χ4n) is 1.48. The molecule has 1 heterocycles. The van der Waals surface area contributed by atoms with Crippen LogP contribution >= 0.6 is 0 Å². The van der Waals surface area contributed by atoms with Crippen molar-refractivity contribution in [1.29, 1.82) is 0 Å². The second-order valence-corrected chi connectivity index (χ2v) is 3.65. The van der Waals surface area contributed by atoms with Crippen LogP contribution in [0.4, 0.5) is 5.82 Å². The van der Waals surface area contributed by atoms with Gasteiger partial charge in [0.2, 0.25) is 5.88 Å². The number of nitrogens with zero attached hydrogens (tertiary/aromatic N) is 1. The van der Waals surface area contributed by atoms with Gasteiger partial charge < -0.3 is 19.9 Å². The van der Waals surface area contributed by atoms with Gasteiger partial charge in [-0.2, -0.15) is 4.98 Å². The number of aromatic nitrogens is 1. The molecule has 0 amide bonds. The van der Waals surface area contributed by atoms with Crippen molar-refractivity contribution in [1.82, 2.24) is 4.98 Å². The lowest BCUT2D eigenvalue weighted by Crippen LogP contribution is -2.15. The number of hydrogen-bond donors (Lipinski definition) is 1. The molecular formula is C13H18N2O5. The van der Waals surface area contributed by atoms with Crippen LogP contribution in [0, 0.1) is 0 Å². The fourth-order valence-corrected chi connectivity index (χ4v) is 1.48. The largest absolute Gasteiger partial charge is 0.477 e. The van der Waals surface area contributed by atoms with E-state index in [0.29, 0.717) is 6.61 Å². The number of carbonyl (C=O) groups is 2. The highest BCUT2D eigenvalue weighted by atomic mass is 16.5. The molecule has 1 rings (SSSR count). The van der Waals surface area contributed by atoms with Crippen LogP contribution in [0.25, 0.3) is 0 Å². The van der Waals surface area contributed by atoms with E-state index >= 15 is 0 Å². The molecule has 0 radical (unpaired) electrons. The molecule has 0 saturated carbocycles. The van der Waals surface area contributed by atoms with Crippen LogP contribution in [0.3, 0.4) is 0 Å². The van der Waals surface area contributed by atoms with E-state index in [9.17, 15) is 9.59 Å². The molecule has 0 aromatic carbocycles. The Hall–Kier alpha value is -2.31. The molecule has 0 aliphatic carbocycles. The van der Waals surface area contributed by atoms with Crippen molar-refractivity contribution in [3.05, 3.63) is 17.2 Å². The molecule has 7 nitrogen and oxygen atoms in total. The zero-order valence-electron chi connectivity index (χ0n) is 11.8. The topological polar surface area (TPSA) is 101 Å². The van der Waals surface area contributed by atoms with E-state index in [1.165, 1.54) is 6.07 Å². The van der Waals surface area contributed by atoms with Crippen LogP contribution in [0.5, 0.6) is 5.88 Å². The summed E-state index contributed by atoms with van der Waals surface area (Å²) in [6.07, 6.45) is 0. The van der Waals surface area contributed by atoms with Gasteiger partial charge in [-0.15, -0.1) is 0 Å². The number of esters is 2. The Morgan fingerprint density at radius 1 is 1.05 bits per heavy atom. The van der Waals surface area contributed by atoms with Gasteiger partial charge >= 0.3 is 11.9 Å². The minimum absolute atomic E-state index is 0.0124. The molecule has 0 fully saturated rings. The highest BCUT2D eigenvalue weighted by Gasteiger charge is 2.22. The molecule has 7 heteroatoms. The Labute approximate surface area is 117 Å². The van der Waals surface area contributed by atoms with Crippen LogP contribution in [-0.2, 0) is 9.47 Å². The van der Waals surface area contributed by atoms with E-state index < -0.39 is 11.9 Å². The Kier molecular flexibility index (Phi) is 5.76. The van der Waals surface area contributed by atoms with Gasteiger partial charge in [-0.1, -0.05) is 0 Å². The van der Waals surface area contributed by atoms with Crippen molar-refractivity contribution in [3.8, 4) is 5.88 Å². The molecular weight excluding hydrogens is 264 g/mol. The monoisotopic (exact) mass is 282 g/mol. The van der Waals surface area contributed by atoms with Crippen LogP contribution in [0.15, 0.2) is 6.07 Å². The molecule has 0 bridgehead atoms. The van der Waals surface area contributed by atoms with Crippen LogP contribution < -0.4 is 10.5 Å². The van der Waals surface area contributed by atoms with Crippen molar-refractivity contribution in [2.24, 2.45) is 0 Å². The SMILES string of the molecule is CCOC(=O)c1cc(C(=O)OCC)c(OCC)nc1N. The van der Waals surface area contributed by atoms with E-state index in [-0.39, 0.29) is 36.0 Å². The molecule has 1 aromatic rings. The number of nitrogen functional groups attached to an aromatic ring is 1. The standard InChI is InChI=1S/C13H18N2O5/c1-4-18-11-9(13(17)20-6-3)7-8(10(14)15-11)12(16)19-5-2/h7H,4-6H2,1-3H3,(H2,14,15). The predicted octanol–water partition coefficient (Wildman–Crippen LogP) is 1.42. The molecule has 0 aliphatic heterocycles. The highest BCUT2D eigenvalue weighted by Crippen LogP contribution is 2.23. The van der Waals surface area contributed by atoms with E-state index in [4.69, 9.17) is 19.9 Å². The summed E-state index contributed by atoms with van der Waals surface area (Å²) in [6, 6.07) is 1.28. The van der Waals surface area contributed by atoms with E-state index in [1.807, 2.05) is 0 Å². The summed E-state index contributed by atoms with van der Waals surface area (Å²) in [7, 11) is 0. The second kappa shape index (κ2) is 7.32. The van der Waals surface area contributed by atoms with Crippen LogP contribution in [0.1, 0.15) is 41.5 Å². The predicted molar refractivity (Wildman–Crippen MR) is 71.7 cm³/mol. The second-order valence-electron chi connectivity index (χ2n) is 3.65. The molecule has 20 heavy (non-hydrogen) atoms. The van der Waals surface area contributed by atoms with Crippen molar-refractivity contribution in [3.63, 3.8) is 0 Å². The molecule has 0 aliphatic rings. The number of ether oxygens (including phenoxy) is 3. The number of carbonyl (C=O) groups excluding carboxylic acids is 2. The normalized spacial score (nSPS) is 9.95. The first-order chi connectivity index (χ1) is 9.54. The lowest BCUT2D eigenvalue weighted by Gasteiger charge is -2.12. The zero-order valence-corrected chi connectivity index (χ0v) is 11.8. The first-order valence-corrected chi connectivity index (χ1v) is 6.32. The fraction of sp³-hybridized carbons (Fsp3) is 0.462. The van der Waals surface area contributed by atoms with Gasteiger partial charge in [0.15, 0.2) is 0 Å². The average Bonchev–Trinajstić information content (AvgIpc) is 2.39. The van der Waals surface area contributed by atoms with Gasteiger partial charge in [-0.25, -0.2) is 9.59 Å². The summed E-state index contributed by atoms with van der Waals surface area (Å²) < 4.78 is 15.0. The summed E-state index contributed by atoms with van der Waals surface area (Å²) in [5, 5.41) is 0. The number of hydrogen-bond acceptors (Lipinski definition) is 7. The zero-order chi connectivity index (χ0) is 15.1. The van der Waals surface area contributed by atoms with Gasteiger partial charge in [-0.3, -0.25) is 0 Å². The Morgan fingerprint density at radius 2 is 1.60 bits per heavy atom. The van der Waals surface area contributed by atoms with Crippen molar-refractivity contribution >= 4 is 17.8 Å². The highest BCUT2D eigenvalue weighted by molar-refractivity contribution is 5.99. The maximum atomic E-state index is 11.8. The minimum atomic E-state index is -0.647. The summed E-state index contributed by atoms with van der Waals surface area (Å²) in [5.41, 5.74) is 5.74. The third kappa shape index (κ3) is 3.59. The molecule has 1 aromatic heterocycles. The summed E-state index contributed by atoms with van der Waals surface area (Å²) in [6.45, 7) is 5.78. The van der Waals surface area contributed by atoms with Crippen molar-refractivity contribution in [2.45, 2.75) is 20.8 Å². The lowest BCUT2D eigenvalue weighted by molar-refractivity contribution is 0.0520. The first kappa shape index (κ1) is 15.7. The Balaban J connectivity index is 3.26. The molecule has 0 unspecified atom stereocenters. The van der Waals surface area contributed by atoms with E-state index in [1.54, 1.807) is 20.8 Å². The number of pyridine rings is 1. The van der Waals surface area contributed by atoms with E-state index in [0.717, 1.165) is 0 Å². The summed E-state index contributed by atoms with van der Waals surface area (Å²) in [5.74, 6) is -1.29. The first-order valence-electron chi connectivity index (χ1n) is 6.32. The maximum absolute atomic E-state index is 11.8. The van der Waals surface area contributed by atoms with Gasteiger partial charge in [0.05, 0.1) is 19.8 Å². The number of rotatable bonds is 6. The molecule has 0 atom stereocenters. The molecule has 110 valence electrons. The molecule has 0 saturated heterocycles. The van der Waals surface area contributed by atoms with Crippen LogP contribution in [-0.4, -0.2) is 36.7 Å². The Morgan fingerprint density at radius 3 is 2.10 bits per heavy atom. The molecule has 0 spiro atoms. The third-order valence-electron chi connectivity index (χ3n) is 2.29. The third-order valence-corrected chi connectivity index (χ3v) is 2.29. The number of nitrogens with two attached hydrogens (primary N) is 1. The van der Waals surface area contributed by atoms with Crippen molar-refractivity contribution in [2.75, 3.05) is 25.6 Å².